The number of aromatic carboxylic acids is 1. The molecule has 3 nitrogen and oxygen atoms in total. The van der Waals surface area contributed by atoms with Gasteiger partial charge in [0.15, 0.2) is 0 Å². The Hall–Kier alpha value is -2.05. The van der Waals surface area contributed by atoms with Crippen LogP contribution in [0.4, 0.5) is 23.2 Å². The van der Waals surface area contributed by atoms with Gasteiger partial charge in [0, 0.05) is 24.4 Å². The second-order valence-electron chi connectivity index (χ2n) is 4.39. The number of alkyl halides is 3. The fourth-order valence-electron chi connectivity index (χ4n) is 2.04. The number of benzene rings is 1. The van der Waals surface area contributed by atoms with Crippen molar-refractivity contribution >= 4 is 11.7 Å². The zero-order valence-corrected chi connectivity index (χ0v) is 10.2. The summed E-state index contributed by atoms with van der Waals surface area (Å²) < 4.78 is 50.9. The molecule has 1 aromatic rings. The van der Waals surface area contributed by atoms with Crippen LogP contribution in [-0.2, 0) is 0 Å². The maximum absolute atomic E-state index is 13.5. The molecular formula is C13H11F4NO2. The molecule has 0 atom stereocenters. The summed E-state index contributed by atoms with van der Waals surface area (Å²) in [5.41, 5.74) is -0.682. The van der Waals surface area contributed by atoms with Gasteiger partial charge in [-0.25, -0.2) is 9.18 Å². The fourth-order valence-corrected chi connectivity index (χ4v) is 2.04. The number of halogens is 4. The first-order valence-electron chi connectivity index (χ1n) is 5.83. The van der Waals surface area contributed by atoms with Crippen molar-refractivity contribution in [1.82, 2.24) is 0 Å². The number of nitrogens with zero attached hydrogens (tertiary/aromatic N) is 1. The Bertz CT molecular complexity index is 566. The van der Waals surface area contributed by atoms with Gasteiger partial charge in [0.2, 0.25) is 0 Å². The molecular weight excluding hydrogens is 278 g/mol. The van der Waals surface area contributed by atoms with Crippen LogP contribution < -0.4 is 4.90 Å². The predicted octanol–water partition coefficient (Wildman–Crippen LogP) is 3.22. The van der Waals surface area contributed by atoms with Crippen LogP contribution in [0.25, 0.3) is 0 Å². The number of rotatable bonds is 2. The standard InChI is InChI=1S/C13H11F4NO2/c14-11-7-9(1-2-10(11)12(19)20)18-5-3-8(4-6-18)13(15,16)17/h1-3,7H,4-6H2,(H,19,20). The molecule has 0 bridgehead atoms. The Morgan fingerprint density at radius 1 is 1.30 bits per heavy atom. The molecule has 1 aliphatic rings. The van der Waals surface area contributed by atoms with Crippen molar-refractivity contribution in [3.63, 3.8) is 0 Å². The van der Waals surface area contributed by atoms with Gasteiger partial charge in [0.1, 0.15) is 5.82 Å². The predicted molar refractivity (Wildman–Crippen MR) is 64.3 cm³/mol. The molecule has 1 aromatic carbocycles. The van der Waals surface area contributed by atoms with Gasteiger partial charge < -0.3 is 10.0 Å². The zero-order valence-electron chi connectivity index (χ0n) is 10.2. The fraction of sp³-hybridized carbons (Fsp3) is 0.308. The molecule has 0 spiro atoms. The molecule has 7 heteroatoms. The minimum absolute atomic E-state index is 0.0146. The topological polar surface area (TPSA) is 40.5 Å². The van der Waals surface area contributed by atoms with Crippen LogP contribution in [0.15, 0.2) is 29.8 Å². The van der Waals surface area contributed by atoms with Gasteiger partial charge in [0.05, 0.1) is 5.56 Å². The number of carboxylic acid groups (broad SMARTS) is 1. The highest BCUT2D eigenvalue weighted by molar-refractivity contribution is 5.88. The van der Waals surface area contributed by atoms with Crippen molar-refractivity contribution in [2.75, 3.05) is 18.0 Å². The van der Waals surface area contributed by atoms with E-state index in [9.17, 15) is 22.4 Å². The number of hydrogen-bond acceptors (Lipinski definition) is 2. The zero-order chi connectivity index (χ0) is 14.9. The number of carboxylic acids is 1. The maximum atomic E-state index is 13.5. The van der Waals surface area contributed by atoms with Gasteiger partial charge in [-0.05, 0) is 24.6 Å². The lowest BCUT2D eigenvalue weighted by Gasteiger charge is -2.29. The number of hydrogen-bond donors (Lipinski definition) is 1. The van der Waals surface area contributed by atoms with Crippen molar-refractivity contribution in [2.24, 2.45) is 0 Å². The Morgan fingerprint density at radius 2 is 2.00 bits per heavy atom. The van der Waals surface area contributed by atoms with Crippen molar-refractivity contribution in [3.8, 4) is 0 Å². The lowest BCUT2D eigenvalue weighted by molar-refractivity contribution is -0.0944. The second-order valence-corrected chi connectivity index (χ2v) is 4.39. The first-order valence-corrected chi connectivity index (χ1v) is 5.83. The number of carbonyl (C=O) groups is 1. The SMILES string of the molecule is O=C(O)c1ccc(N2CC=C(C(F)(F)F)CC2)cc1F. The molecule has 0 saturated carbocycles. The van der Waals surface area contributed by atoms with Gasteiger partial charge in [-0.3, -0.25) is 0 Å². The first-order chi connectivity index (χ1) is 9.29. The van der Waals surface area contributed by atoms with Crippen LogP contribution in [0.3, 0.4) is 0 Å². The first kappa shape index (κ1) is 14.4. The lowest BCUT2D eigenvalue weighted by Crippen LogP contribution is -2.31. The quantitative estimate of drug-likeness (QED) is 0.671. The lowest BCUT2D eigenvalue weighted by atomic mass is 10.1. The van der Waals surface area contributed by atoms with Crippen LogP contribution in [0.2, 0.25) is 0 Å². The van der Waals surface area contributed by atoms with E-state index in [1.807, 2.05) is 0 Å². The monoisotopic (exact) mass is 289 g/mol. The van der Waals surface area contributed by atoms with E-state index in [2.05, 4.69) is 0 Å². The molecule has 0 unspecified atom stereocenters. The highest BCUT2D eigenvalue weighted by Gasteiger charge is 2.34. The van der Waals surface area contributed by atoms with Crippen LogP contribution in [-0.4, -0.2) is 30.3 Å². The van der Waals surface area contributed by atoms with E-state index in [0.717, 1.165) is 18.2 Å². The van der Waals surface area contributed by atoms with E-state index in [0.29, 0.717) is 5.69 Å². The third-order valence-electron chi connectivity index (χ3n) is 3.12. The molecule has 1 heterocycles. The molecule has 1 N–H and O–H groups in total. The highest BCUT2D eigenvalue weighted by Crippen LogP contribution is 2.31. The Kier molecular flexibility index (Phi) is 3.69. The van der Waals surface area contributed by atoms with Crippen molar-refractivity contribution in [1.29, 1.82) is 0 Å². The van der Waals surface area contributed by atoms with E-state index >= 15 is 0 Å². The van der Waals surface area contributed by atoms with Crippen LogP contribution in [0, 0.1) is 5.82 Å². The average Bonchev–Trinajstić information content (AvgIpc) is 2.37. The van der Waals surface area contributed by atoms with Gasteiger partial charge in [-0.15, -0.1) is 0 Å². The largest absolute Gasteiger partial charge is 0.478 e. The molecule has 2 rings (SSSR count). The van der Waals surface area contributed by atoms with Gasteiger partial charge in [-0.1, -0.05) is 6.08 Å². The molecule has 1 aliphatic heterocycles. The molecule has 0 radical (unpaired) electrons. The van der Waals surface area contributed by atoms with E-state index in [4.69, 9.17) is 5.11 Å². The van der Waals surface area contributed by atoms with Gasteiger partial charge >= 0.3 is 12.1 Å². The summed E-state index contributed by atoms with van der Waals surface area (Å²) in [4.78, 5) is 12.2. The molecule has 0 aliphatic carbocycles. The van der Waals surface area contributed by atoms with E-state index < -0.39 is 29.1 Å². The van der Waals surface area contributed by atoms with E-state index in [1.54, 1.807) is 4.90 Å². The number of anilines is 1. The maximum Gasteiger partial charge on any atom is 0.412 e. The Morgan fingerprint density at radius 3 is 2.45 bits per heavy atom. The summed E-state index contributed by atoms with van der Waals surface area (Å²) in [6, 6.07) is 3.52. The summed E-state index contributed by atoms with van der Waals surface area (Å²) in [5, 5.41) is 8.70. The highest BCUT2D eigenvalue weighted by atomic mass is 19.4. The molecule has 0 fully saturated rings. The van der Waals surface area contributed by atoms with Crippen LogP contribution in [0.1, 0.15) is 16.8 Å². The van der Waals surface area contributed by atoms with Crippen molar-refractivity contribution in [3.05, 3.63) is 41.2 Å². The third kappa shape index (κ3) is 2.92. The minimum Gasteiger partial charge on any atom is -0.478 e. The smallest absolute Gasteiger partial charge is 0.412 e. The minimum atomic E-state index is -4.33. The Labute approximate surface area is 112 Å². The summed E-state index contributed by atoms with van der Waals surface area (Å²) in [6.45, 7) is 0.123. The third-order valence-corrected chi connectivity index (χ3v) is 3.12. The Balaban J connectivity index is 2.17. The average molecular weight is 289 g/mol. The molecule has 0 amide bonds. The van der Waals surface area contributed by atoms with Crippen molar-refractivity contribution < 1.29 is 27.5 Å². The summed E-state index contributed by atoms with van der Waals surface area (Å²) >= 11 is 0. The van der Waals surface area contributed by atoms with E-state index in [-0.39, 0.29) is 19.5 Å². The molecule has 0 saturated heterocycles. The van der Waals surface area contributed by atoms with Crippen LogP contribution >= 0.6 is 0 Å². The summed E-state index contributed by atoms with van der Waals surface area (Å²) in [6.07, 6.45) is -3.44. The summed E-state index contributed by atoms with van der Waals surface area (Å²) in [7, 11) is 0. The van der Waals surface area contributed by atoms with Crippen LogP contribution in [0.5, 0.6) is 0 Å². The van der Waals surface area contributed by atoms with Gasteiger partial charge in [-0.2, -0.15) is 13.2 Å². The molecule has 0 aromatic heterocycles. The molecule has 108 valence electrons. The summed E-state index contributed by atoms with van der Waals surface area (Å²) in [5.74, 6) is -2.28. The second kappa shape index (κ2) is 5.15. The van der Waals surface area contributed by atoms with E-state index in [1.165, 1.54) is 6.07 Å². The van der Waals surface area contributed by atoms with Gasteiger partial charge in [0.25, 0.3) is 0 Å². The normalized spacial score (nSPS) is 16.0. The molecule has 20 heavy (non-hydrogen) atoms. The van der Waals surface area contributed by atoms with Crippen molar-refractivity contribution in [2.45, 2.75) is 12.6 Å².